The minimum atomic E-state index is -4.04. The van der Waals surface area contributed by atoms with Gasteiger partial charge in [-0.25, -0.2) is 4.39 Å². The first kappa shape index (κ1) is 42.2. The number of nitrogens with one attached hydrogen (secondary N) is 4. The summed E-state index contributed by atoms with van der Waals surface area (Å²) in [5.74, 6) is -3.40. The van der Waals surface area contributed by atoms with Gasteiger partial charge in [0.05, 0.1) is 0 Å². The zero-order chi connectivity index (χ0) is 41.1. The lowest BCUT2D eigenvalue weighted by Crippen LogP contribution is -2.62. The van der Waals surface area contributed by atoms with Crippen molar-refractivity contribution in [3.8, 4) is 0 Å². The Balaban J connectivity index is 1.34. The van der Waals surface area contributed by atoms with Crippen molar-refractivity contribution >= 4 is 53.3 Å². The monoisotopic (exact) mass is 795 g/mol. The van der Waals surface area contributed by atoms with Gasteiger partial charge in [0.2, 0.25) is 29.2 Å². The maximum absolute atomic E-state index is 14.8. The van der Waals surface area contributed by atoms with Crippen LogP contribution in [0.15, 0.2) is 42.5 Å². The number of amides is 5. The molecule has 0 saturated carbocycles. The van der Waals surface area contributed by atoms with E-state index in [0.717, 1.165) is 12.2 Å². The number of halogens is 1. The molecule has 5 amide bonds. The summed E-state index contributed by atoms with van der Waals surface area (Å²) in [5, 5.41) is 8.66. The lowest BCUT2D eigenvalue weighted by atomic mass is 10.0. The van der Waals surface area contributed by atoms with Crippen molar-refractivity contribution < 1.29 is 42.6 Å². The Kier molecular flexibility index (Phi) is 13.2. The topological polar surface area (TPSA) is 224 Å². The van der Waals surface area contributed by atoms with Gasteiger partial charge in [-0.1, -0.05) is 26.0 Å². The normalized spacial score (nSPS) is 20.6. The van der Waals surface area contributed by atoms with Crippen molar-refractivity contribution in [1.29, 1.82) is 0 Å². The van der Waals surface area contributed by atoms with E-state index in [1.165, 1.54) is 35.2 Å². The highest BCUT2D eigenvalue weighted by Gasteiger charge is 2.46. The molecule has 3 heterocycles. The zero-order valence-electron chi connectivity index (χ0n) is 32.3. The van der Waals surface area contributed by atoms with E-state index >= 15 is 0 Å². The van der Waals surface area contributed by atoms with Crippen LogP contribution in [0, 0.1) is 5.82 Å². The molecule has 0 bridgehead atoms. The van der Waals surface area contributed by atoms with Crippen molar-refractivity contribution in [3.63, 3.8) is 0 Å². The number of H-pyrrole nitrogens is 1. The van der Waals surface area contributed by atoms with E-state index in [1.54, 1.807) is 12.1 Å². The molecule has 17 heteroatoms. The number of carbonyl (C=O) groups is 6. The molecule has 15 nitrogen and oxygen atoms in total. The minimum absolute atomic E-state index is 0.0172. The summed E-state index contributed by atoms with van der Waals surface area (Å²) in [7, 11) is -4.04. The SMILES string of the molecule is CC(C)c1ccc(CNC(=O)[C@H](CCC(N)=O)NC(=O)[C@@H]2CC[C@@H]3CCN(C(C)C)C[C@H](NC(=O)c4cc5cc(C(=O)P(C)(=O)O)ccc5[nH]4)C(=O)N32)c(F)c1. The summed E-state index contributed by atoms with van der Waals surface area (Å²) in [6.07, 6.45) is 1.04. The molecule has 0 spiro atoms. The summed E-state index contributed by atoms with van der Waals surface area (Å²) in [4.78, 5) is 95.9. The lowest BCUT2D eigenvalue weighted by molar-refractivity contribution is -0.144. The number of nitrogens with zero attached hydrogens (tertiary/aromatic N) is 2. The van der Waals surface area contributed by atoms with Gasteiger partial charge >= 0.3 is 0 Å². The summed E-state index contributed by atoms with van der Waals surface area (Å²) < 4.78 is 26.8. The Morgan fingerprint density at radius 2 is 1.77 bits per heavy atom. The molecule has 0 aliphatic carbocycles. The van der Waals surface area contributed by atoms with Crippen LogP contribution in [0.1, 0.15) is 97.7 Å². The van der Waals surface area contributed by atoms with Crippen LogP contribution < -0.4 is 21.7 Å². The Morgan fingerprint density at radius 3 is 2.41 bits per heavy atom. The Morgan fingerprint density at radius 1 is 1.04 bits per heavy atom. The summed E-state index contributed by atoms with van der Waals surface area (Å²) in [5.41, 5.74) is 6.11. The number of rotatable bonds is 14. The van der Waals surface area contributed by atoms with Crippen LogP contribution in [0.4, 0.5) is 4.39 Å². The van der Waals surface area contributed by atoms with Crippen molar-refractivity contribution in [2.75, 3.05) is 19.8 Å². The summed E-state index contributed by atoms with van der Waals surface area (Å²) in [6.45, 7) is 9.38. The van der Waals surface area contributed by atoms with Crippen LogP contribution in [0.3, 0.4) is 0 Å². The molecule has 3 aromatic rings. The molecular formula is C39H51FN7O8P. The number of primary amides is 1. The third-order valence-electron chi connectivity index (χ3n) is 10.6. The third kappa shape index (κ3) is 9.90. The minimum Gasteiger partial charge on any atom is -0.370 e. The van der Waals surface area contributed by atoms with E-state index in [9.17, 15) is 42.6 Å². The van der Waals surface area contributed by atoms with Crippen LogP contribution in [-0.4, -0.2) is 105 Å². The second-order valence-corrected chi connectivity index (χ2v) is 17.5. The van der Waals surface area contributed by atoms with E-state index in [1.807, 2.05) is 27.7 Å². The molecule has 1 aromatic heterocycles. The van der Waals surface area contributed by atoms with Crippen molar-refractivity contribution in [3.05, 3.63) is 70.7 Å². The molecule has 56 heavy (non-hydrogen) atoms. The number of benzene rings is 2. The van der Waals surface area contributed by atoms with Gasteiger partial charge in [-0.3, -0.25) is 38.2 Å². The summed E-state index contributed by atoms with van der Waals surface area (Å²) in [6, 6.07) is 7.02. The highest BCUT2D eigenvalue weighted by molar-refractivity contribution is 7.75. The summed E-state index contributed by atoms with van der Waals surface area (Å²) >= 11 is 0. The lowest BCUT2D eigenvalue weighted by Gasteiger charge is -2.40. The van der Waals surface area contributed by atoms with Crippen molar-refractivity contribution in [1.82, 2.24) is 30.7 Å². The highest BCUT2D eigenvalue weighted by atomic mass is 31.2. The van der Waals surface area contributed by atoms with Gasteiger partial charge in [-0.05, 0) is 81.3 Å². The average molecular weight is 796 g/mol. The first-order chi connectivity index (χ1) is 26.3. The van der Waals surface area contributed by atoms with Crippen LogP contribution in [-0.2, 0) is 30.3 Å². The van der Waals surface area contributed by atoms with E-state index in [-0.39, 0.29) is 60.8 Å². The van der Waals surface area contributed by atoms with Gasteiger partial charge in [0, 0.05) is 66.8 Å². The predicted molar refractivity (Wildman–Crippen MR) is 207 cm³/mol. The maximum Gasteiger partial charge on any atom is 0.268 e. The van der Waals surface area contributed by atoms with Crippen molar-refractivity contribution in [2.24, 2.45) is 5.73 Å². The first-order valence-corrected chi connectivity index (χ1v) is 20.9. The average Bonchev–Trinajstić information content (AvgIpc) is 3.76. The number of aromatic amines is 1. The number of carbonyl (C=O) groups excluding carboxylic acids is 6. The second-order valence-electron chi connectivity index (χ2n) is 15.4. The second kappa shape index (κ2) is 17.5. The zero-order valence-corrected chi connectivity index (χ0v) is 33.2. The number of fused-ring (bicyclic) bond motifs is 2. The molecule has 5 atom stereocenters. The van der Waals surface area contributed by atoms with Crippen LogP contribution in [0.2, 0.25) is 0 Å². The highest BCUT2D eigenvalue weighted by Crippen LogP contribution is 2.40. The molecular weight excluding hydrogens is 744 g/mol. The molecule has 2 aromatic carbocycles. The Hall–Kier alpha value is -4.92. The maximum atomic E-state index is 14.8. The fourth-order valence-electron chi connectivity index (χ4n) is 7.29. The fraction of sp³-hybridized carbons (Fsp3) is 0.487. The smallest absolute Gasteiger partial charge is 0.268 e. The number of aromatic nitrogens is 1. The van der Waals surface area contributed by atoms with Crippen LogP contribution >= 0.6 is 7.37 Å². The molecule has 7 N–H and O–H groups in total. The number of nitrogens with two attached hydrogens (primary N) is 1. The van der Waals surface area contributed by atoms with Gasteiger partial charge in [0.25, 0.3) is 13.3 Å². The quantitative estimate of drug-likeness (QED) is 0.132. The first-order valence-electron chi connectivity index (χ1n) is 18.8. The van der Waals surface area contributed by atoms with Crippen molar-refractivity contribution in [2.45, 2.75) is 102 Å². The van der Waals surface area contributed by atoms with E-state index in [2.05, 4.69) is 25.8 Å². The third-order valence-corrected chi connectivity index (χ3v) is 11.6. The van der Waals surface area contributed by atoms with Crippen LogP contribution in [0.25, 0.3) is 10.9 Å². The number of hydrogen-bond acceptors (Lipinski definition) is 8. The molecule has 1 unspecified atom stereocenters. The van der Waals surface area contributed by atoms with Gasteiger partial charge in [0.15, 0.2) is 0 Å². The molecule has 2 aliphatic heterocycles. The molecule has 2 fully saturated rings. The molecule has 2 saturated heterocycles. The molecule has 302 valence electrons. The van der Waals surface area contributed by atoms with E-state index in [0.29, 0.717) is 36.7 Å². The van der Waals surface area contributed by atoms with Gasteiger partial charge in [-0.15, -0.1) is 0 Å². The van der Waals surface area contributed by atoms with E-state index in [4.69, 9.17) is 5.73 Å². The molecule has 2 aliphatic rings. The molecule has 5 rings (SSSR count). The van der Waals surface area contributed by atoms with Gasteiger partial charge in [0.1, 0.15) is 29.6 Å². The van der Waals surface area contributed by atoms with Crippen LogP contribution in [0.5, 0.6) is 0 Å². The number of hydrogen-bond donors (Lipinski definition) is 6. The Labute approximate surface area is 324 Å². The fourth-order valence-corrected chi connectivity index (χ4v) is 7.91. The Bertz CT molecular complexity index is 2060. The molecule has 0 radical (unpaired) electrons. The predicted octanol–water partition coefficient (Wildman–Crippen LogP) is 3.11. The standard InChI is InChI=1S/C39H51FN7O8P/c1-21(2)23-6-7-25(28(40)17-23)19-42-35(49)30(11-13-34(41)48)44-37(51)33-12-9-27-14-15-46(22(3)4)20-32(38(52)47(27)33)45-36(50)31-18-26-16-24(8-10-29(26)43-31)39(53)56(5,54)55/h6-8,10,16-18,21-22,27,30,32-33,43H,9,11-15,19-20H2,1-5H3,(H2,41,48)(H,42,49)(H,44,51)(H,45,50)(H,54,55)/t27-,30+,32+,33+/m1/s1. The van der Waals surface area contributed by atoms with Gasteiger partial charge in [-0.2, -0.15) is 0 Å². The largest absolute Gasteiger partial charge is 0.370 e. The van der Waals surface area contributed by atoms with E-state index < -0.39 is 66.4 Å². The van der Waals surface area contributed by atoms with Gasteiger partial charge < -0.3 is 36.5 Å².